The van der Waals surface area contributed by atoms with Gasteiger partial charge in [0, 0.05) is 32.5 Å². The number of carbonyl (C=O) groups excluding carboxylic acids is 5. The fourth-order valence-electron chi connectivity index (χ4n) is 6.75. The maximum Gasteiger partial charge on any atom is 0.326 e. The van der Waals surface area contributed by atoms with Gasteiger partial charge in [-0.25, -0.2) is 4.79 Å². The number of hydrogen-bond acceptors (Lipinski definition) is 10. The first-order valence-electron chi connectivity index (χ1n) is 21.8. The Morgan fingerprint density at radius 1 is 0.418 bits per heavy atom. The molecule has 0 saturated heterocycles. The highest BCUT2D eigenvalue weighted by molar-refractivity contribution is 5.96. The molecule has 0 spiro atoms. The molecule has 22 heteroatoms. The predicted molar refractivity (Wildman–Crippen MR) is 255 cm³/mol. The fraction of sp³-hybridized carbons (Fsp3) is 0.400. The minimum absolute atomic E-state index is 0.0247. The largest absolute Gasteiger partial charge is 0.480 e. The number of nitrogens with zero attached hydrogens (tertiary/aromatic N) is 3. The van der Waals surface area contributed by atoms with Crippen molar-refractivity contribution in [3.05, 3.63) is 108 Å². The van der Waals surface area contributed by atoms with E-state index in [9.17, 15) is 33.9 Å². The summed E-state index contributed by atoms with van der Waals surface area (Å²) in [5.74, 6) is -5.53. The molecular formula is C45H65N15O7. The molecule has 5 amide bonds. The number of benzene rings is 3. The summed E-state index contributed by atoms with van der Waals surface area (Å²) in [6.45, 7) is 0.340. The monoisotopic (exact) mass is 928 g/mol. The van der Waals surface area contributed by atoms with Gasteiger partial charge in [-0.05, 0) is 61.6 Å². The molecule has 3 aromatic carbocycles. The van der Waals surface area contributed by atoms with E-state index in [-0.39, 0.29) is 95.3 Å². The number of hydrogen-bond donors (Lipinski definition) is 13. The molecule has 0 saturated carbocycles. The summed E-state index contributed by atoms with van der Waals surface area (Å²) in [6, 6.07) is 19.1. The van der Waals surface area contributed by atoms with Crippen LogP contribution in [0.2, 0.25) is 0 Å². The zero-order valence-electron chi connectivity index (χ0n) is 37.4. The maximum absolute atomic E-state index is 14.4. The van der Waals surface area contributed by atoms with E-state index in [1.807, 2.05) is 30.3 Å². The zero-order chi connectivity index (χ0) is 49.1. The lowest BCUT2D eigenvalue weighted by Crippen LogP contribution is -2.60. The first-order chi connectivity index (χ1) is 32.0. The number of guanidine groups is 3. The van der Waals surface area contributed by atoms with Gasteiger partial charge in [0.25, 0.3) is 0 Å². The normalized spacial score (nSPS) is 13.4. The molecule has 0 unspecified atom stereocenters. The summed E-state index contributed by atoms with van der Waals surface area (Å²) in [4.78, 5) is 94.2. The molecule has 0 bridgehead atoms. The molecule has 0 fully saturated rings. The number of nitrogens with two attached hydrogens (primary N) is 7. The van der Waals surface area contributed by atoms with Crippen LogP contribution in [0.5, 0.6) is 0 Å². The molecule has 67 heavy (non-hydrogen) atoms. The van der Waals surface area contributed by atoms with Crippen LogP contribution >= 0.6 is 0 Å². The van der Waals surface area contributed by atoms with Gasteiger partial charge in [-0.15, -0.1) is 0 Å². The standard InChI is InChI=1S/C45H65N15O7/c46-31(25-28-13-4-1-5-14-28)37(61)56-32(19-10-22-53-43(47)48)38(62)59-35(26-29-15-6-2-7-16-29)40(64)57-33(20-11-23-54-44(49)50)39(63)60-36(27-30-17-8-3-9-18-30)41(65)58-34(42(66)67)21-12-24-55-45(51)52/h1-9,13-18,31-36H,10-12,19-27,46H2,(H,56,61)(H,57,64)(H,58,65)(H,59,62)(H,60,63)(H,66,67)(H4,47,48,53)(H4,49,50,54)(H4,51,52,55)/t31-,32-,33-,34-,35-,36-/m0/s1. The van der Waals surface area contributed by atoms with E-state index in [4.69, 9.17) is 40.1 Å². The maximum atomic E-state index is 14.4. The van der Waals surface area contributed by atoms with Crippen molar-refractivity contribution in [2.75, 3.05) is 19.6 Å². The topological polar surface area (TPSA) is 402 Å². The number of carbonyl (C=O) groups is 6. The first-order valence-corrected chi connectivity index (χ1v) is 21.8. The van der Waals surface area contributed by atoms with E-state index in [1.165, 1.54) is 0 Å². The zero-order valence-corrected chi connectivity index (χ0v) is 37.4. The molecule has 0 heterocycles. The minimum Gasteiger partial charge on any atom is -0.480 e. The van der Waals surface area contributed by atoms with Crippen LogP contribution in [-0.2, 0) is 48.0 Å². The third kappa shape index (κ3) is 21.2. The van der Waals surface area contributed by atoms with Gasteiger partial charge >= 0.3 is 5.97 Å². The number of rotatable bonds is 29. The van der Waals surface area contributed by atoms with Crippen molar-refractivity contribution in [1.82, 2.24) is 26.6 Å². The van der Waals surface area contributed by atoms with Gasteiger partial charge < -0.3 is 71.8 Å². The second-order valence-corrected chi connectivity index (χ2v) is 15.7. The Morgan fingerprint density at radius 2 is 0.701 bits per heavy atom. The van der Waals surface area contributed by atoms with E-state index >= 15 is 0 Å². The summed E-state index contributed by atoms with van der Waals surface area (Å²) in [5, 5.41) is 23.4. The summed E-state index contributed by atoms with van der Waals surface area (Å²) >= 11 is 0. The SMILES string of the molecule is NC(N)=NCCC[C@H](NC(=O)[C@H](Cc1ccccc1)NC(=O)[C@H](CCCN=C(N)N)NC(=O)[C@H](Cc1ccccc1)NC(=O)[C@H](CCCN=C(N)N)NC(=O)[C@@H](N)Cc1ccccc1)C(=O)O. The van der Waals surface area contributed by atoms with Gasteiger partial charge in [0.15, 0.2) is 17.9 Å². The average Bonchev–Trinajstić information content (AvgIpc) is 3.29. The second kappa shape index (κ2) is 28.9. The third-order valence-electron chi connectivity index (χ3n) is 10.2. The molecule has 6 atom stereocenters. The number of amides is 5. The molecule has 0 aliphatic heterocycles. The van der Waals surface area contributed by atoms with Crippen LogP contribution in [0, 0.1) is 0 Å². The van der Waals surface area contributed by atoms with Crippen LogP contribution in [0.3, 0.4) is 0 Å². The molecule has 0 aliphatic rings. The average molecular weight is 928 g/mol. The van der Waals surface area contributed by atoms with Gasteiger partial charge in [0.1, 0.15) is 30.2 Å². The van der Waals surface area contributed by atoms with E-state index in [0.717, 1.165) is 5.56 Å². The highest BCUT2D eigenvalue weighted by Gasteiger charge is 2.33. The van der Waals surface area contributed by atoms with E-state index < -0.39 is 71.8 Å². The van der Waals surface area contributed by atoms with Gasteiger partial charge in [0.2, 0.25) is 29.5 Å². The molecule has 22 nitrogen and oxygen atoms in total. The number of carboxylic acids is 1. The highest BCUT2D eigenvalue weighted by atomic mass is 16.4. The minimum atomic E-state index is -1.35. The van der Waals surface area contributed by atoms with Crippen molar-refractivity contribution >= 4 is 53.4 Å². The van der Waals surface area contributed by atoms with Gasteiger partial charge in [-0.3, -0.25) is 38.9 Å². The summed E-state index contributed by atoms with van der Waals surface area (Å²) < 4.78 is 0. The molecule has 362 valence electrons. The fourth-order valence-corrected chi connectivity index (χ4v) is 6.75. The van der Waals surface area contributed by atoms with Gasteiger partial charge in [-0.1, -0.05) is 91.0 Å². The molecule has 3 aromatic rings. The Morgan fingerprint density at radius 3 is 1.04 bits per heavy atom. The lowest BCUT2D eigenvalue weighted by atomic mass is 10.0. The number of aliphatic imine (C=N–C) groups is 3. The van der Waals surface area contributed by atoms with Crippen molar-refractivity contribution < 1.29 is 33.9 Å². The lowest BCUT2D eigenvalue weighted by molar-refractivity contribution is -0.142. The first kappa shape index (κ1) is 53.6. The van der Waals surface area contributed by atoms with Crippen LogP contribution in [0.25, 0.3) is 0 Å². The second-order valence-electron chi connectivity index (χ2n) is 15.7. The molecular weight excluding hydrogens is 863 g/mol. The summed E-state index contributed by atoms with van der Waals surface area (Å²) in [6.07, 6.45) is 0.775. The lowest BCUT2D eigenvalue weighted by Gasteiger charge is -2.27. The number of carboxylic acid groups (broad SMARTS) is 1. The molecule has 0 aliphatic carbocycles. The Bertz CT molecular complexity index is 2130. The smallest absolute Gasteiger partial charge is 0.326 e. The number of aliphatic carboxylic acids is 1. The van der Waals surface area contributed by atoms with Gasteiger partial charge in [0.05, 0.1) is 6.04 Å². The van der Waals surface area contributed by atoms with Crippen LogP contribution in [-0.4, -0.2) is 114 Å². The van der Waals surface area contributed by atoms with Crippen molar-refractivity contribution in [2.24, 2.45) is 55.1 Å². The van der Waals surface area contributed by atoms with E-state index in [1.54, 1.807) is 60.7 Å². The van der Waals surface area contributed by atoms with Crippen molar-refractivity contribution in [3.63, 3.8) is 0 Å². The molecule has 0 aromatic heterocycles. The van der Waals surface area contributed by atoms with Crippen LogP contribution in [0.1, 0.15) is 55.2 Å². The van der Waals surface area contributed by atoms with Crippen LogP contribution in [0.4, 0.5) is 0 Å². The predicted octanol–water partition coefficient (Wildman–Crippen LogP) is -2.29. The van der Waals surface area contributed by atoms with E-state index in [2.05, 4.69) is 41.6 Å². The molecule has 0 radical (unpaired) electrons. The Hall–Kier alpha value is -7.75. The summed E-state index contributed by atoms with van der Waals surface area (Å²) in [5.41, 5.74) is 41.2. The van der Waals surface area contributed by atoms with E-state index in [0.29, 0.717) is 11.1 Å². The third-order valence-corrected chi connectivity index (χ3v) is 10.2. The van der Waals surface area contributed by atoms with Gasteiger partial charge in [-0.2, -0.15) is 0 Å². The Labute approximate surface area is 389 Å². The highest BCUT2D eigenvalue weighted by Crippen LogP contribution is 2.11. The summed E-state index contributed by atoms with van der Waals surface area (Å²) in [7, 11) is 0. The van der Waals surface area contributed by atoms with Crippen molar-refractivity contribution in [2.45, 2.75) is 94.0 Å². The van der Waals surface area contributed by atoms with Crippen molar-refractivity contribution in [1.29, 1.82) is 0 Å². The van der Waals surface area contributed by atoms with Crippen molar-refractivity contribution in [3.8, 4) is 0 Å². The molecule has 20 N–H and O–H groups in total. The molecule has 3 rings (SSSR count). The number of nitrogens with one attached hydrogen (secondary N) is 5. The van der Waals surface area contributed by atoms with Crippen LogP contribution in [0.15, 0.2) is 106 Å². The quantitative estimate of drug-likeness (QED) is 0.0198. The Kier molecular flexibility index (Phi) is 23.1. The van der Waals surface area contributed by atoms with Crippen LogP contribution < -0.4 is 66.7 Å². The Balaban J connectivity index is 1.93.